The fourth-order valence-corrected chi connectivity index (χ4v) is 5.03. The van der Waals surface area contributed by atoms with E-state index < -0.39 is 5.41 Å². The van der Waals surface area contributed by atoms with Crippen LogP contribution in [0.5, 0.6) is 0 Å². The standard InChI is InChI=1S/C30H32N4O2/c1-29(2,3)21-15-20(16-22-26(21)32-27(36)30(22,4)5)25(35)18-34-24-14-10-9-13-23(24)33(28(34)31)17-19-11-7-6-8-12-19/h6-16,31H,17-18H2,1-5H3,(H,32,36). The van der Waals surface area contributed by atoms with Crippen molar-refractivity contribution in [2.45, 2.75) is 58.5 Å². The number of imidazole rings is 1. The van der Waals surface area contributed by atoms with Gasteiger partial charge in [-0.1, -0.05) is 63.2 Å². The molecule has 3 aromatic carbocycles. The molecule has 0 aliphatic carbocycles. The summed E-state index contributed by atoms with van der Waals surface area (Å²) in [4.78, 5) is 26.5. The Bertz CT molecular complexity index is 1570. The van der Waals surface area contributed by atoms with E-state index in [9.17, 15) is 9.59 Å². The first-order valence-corrected chi connectivity index (χ1v) is 12.3. The van der Waals surface area contributed by atoms with Gasteiger partial charge in [-0.25, -0.2) is 0 Å². The van der Waals surface area contributed by atoms with Crippen molar-refractivity contribution in [3.05, 3.63) is 94.6 Å². The molecule has 0 bridgehead atoms. The maximum absolute atomic E-state index is 13.7. The number of para-hydroxylation sites is 2. The highest BCUT2D eigenvalue weighted by Crippen LogP contribution is 2.44. The van der Waals surface area contributed by atoms with Gasteiger partial charge in [-0.3, -0.25) is 15.0 Å². The molecule has 1 aromatic heterocycles. The lowest BCUT2D eigenvalue weighted by atomic mass is 9.79. The van der Waals surface area contributed by atoms with Gasteiger partial charge in [-0.15, -0.1) is 0 Å². The van der Waals surface area contributed by atoms with E-state index >= 15 is 0 Å². The van der Waals surface area contributed by atoms with E-state index in [-0.39, 0.29) is 29.3 Å². The average Bonchev–Trinajstić information content (AvgIpc) is 3.23. The number of ketones is 1. The number of rotatable bonds is 5. The van der Waals surface area contributed by atoms with Crippen LogP contribution in [0, 0.1) is 5.41 Å². The van der Waals surface area contributed by atoms with Crippen LogP contribution in [0.2, 0.25) is 0 Å². The summed E-state index contributed by atoms with van der Waals surface area (Å²) in [6.45, 7) is 10.6. The van der Waals surface area contributed by atoms with Gasteiger partial charge >= 0.3 is 0 Å². The number of carbonyl (C=O) groups is 2. The predicted molar refractivity (Wildman–Crippen MR) is 142 cm³/mol. The number of carbonyl (C=O) groups excluding carboxylic acids is 2. The summed E-state index contributed by atoms with van der Waals surface area (Å²) in [6, 6.07) is 21.6. The van der Waals surface area contributed by atoms with E-state index in [1.165, 1.54) is 0 Å². The van der Waals surface area contributed by atoms with Crippen LogP contribution in [0.25, 0.3) is 11.0 Å². The van der Waals surface area contributed by atoms with Crippen LogP contribution in [-0.4, -0.2) is 20.8 Å². The molecule has 0 saturated carbocycles. The number of anilines is 1. The minimum absolute atomic E-state index is 0.0469. The first-order chi connectivity index (χ1) is 17.0. The number of aromatic nitrogens is 2. The van der Waals surface area contributed by atoms with E-state index in [0.717, 1.165) is 33.4 Å². The fourth-order valence-electron chi connectivity index (χ4n) is 5.03. The van der Waals surface area contributed by atoms with E-state index in [1.807, 2.05) is 85.1 Å². The molecule has 1 amide bonds. The van der Waals surface area contributed by atoms with Gasteiger partial charge in [0.1, 0.15) is 0 Å². The Hall–Kier alpha value is -3.93. The Morgan fingerprint density at radius 3 is 2.19 bits per heavy atom. The minimum atomic E-state index is -0.717. The van der Waals surface area contributed by atoms with Crippen molar-refractivity contribution in [1.82, 2.24) is 9.13 Å². The number of nitrogens with zero attached hydrogens (tertiary/aromatic N) is 2. The van der Waals surface area contributed by atoms with Crippen molar-refractivity contribution in [3.63, 3.8) is 0 Å². The number of hydrogen-bond acceptors (Lipinski definition) is 3. The van der Waals surface area contributed by atoms with Gasteiger partial charge in [0.2, 0.25) is 11.5 Å². The molecule has 0 atom stereocenters. The smallest absolute Gasteiger partial charge is 0.234 e. The molecule has 6 heteroatoms. The molecular formula is C30H32N4O2. The summed E-state index contributed by atoms with van der Waals surface area (Å²) in [5, 5.41) is 12.0. The van der Waals surface area contributed by atoms with Crippen molar-refractivity contribution < 1.29 is 9.59 Å². The minimum Gasteiger partial charge on any atom is -0.325 e. The lowest BCUT2D eigenvalue weighted by molar-refractivity contribution is -0.119. The van der Waals surface area contributed by atoms with Gasteiger partial charge in [0.05, 0.1) is 29.5 Å². The molecule has 1 aliphatic heterocycles. The normalized spacial score (nSPS) is 14.6. The van der Waals surface area contributed by atoms with Gasteiger partial charge < -0.3 is 14.5 Å². The largest absolute Gasteiger partial charge is 0.325 e. The molecule has 0 radical (unpaired) electrons. The lowest BCUT2D eigenvalue weighted by Crippen LogP contribution is -2.28. The monoisotopic (exact) mass is 480 g/mol. The topological polar surface area (TPSA) is 79.9 Å². The molecule has 6 nitrogen and oxygen atoms in total. The van der Waals surface area contributed by atoms with Gasteiger partial charge in [0, 0.05) is 11.3 Å². The highest BCUT2D eigenvalue weighted by molar-refractivity contribution is 6.08. The molecule has 0 fully saturated rings. The molecule has 0 spiro atoms. The molecule has 36 heavy (non-hydrogen) atoms. The Labute approximate surface area is 211 Å². The van der Waals surface area contributed by atoms with Crippen molar-refractivity contribution >= 4 is 28.4 Å². The molecule has 4 aromatic rings. The summed E-state index contributed by atoms with van der Waals surface area (Å²) in [5.41, 5.74) is 5.35. The maximum atomic E-state index is 13.7. The maximum Gasteiger partial charge on any atom is 0.234 e. The van der Waals surface area contributed by atoms with Crippen molar-refractivity contribution in [1.29, 1.82) is 5.41 Å². The second-order valence-electron chi connectivity index (χ2n) is 11.2. The third-order valence-corrected chi connectivity index (χ3v) is 7.21. The summed E-state index contributed by atoms with van der Waals surface area (Å²) in [6.07, 6.45) is 0. The number of Topliss-reactive ketones (excluding diaryl/α,β-unsaturated/α-hetero) is 1. The fraction of sp³-hybridized carbons (Fsp3) is 0.300. The third-order valence-electron chi connectivity index (χ3n) is 7.21. The van der Waals surface area contributed by atoms with Crippen LogP contribution >= 0.6 is 0 Å². The highest BCUT2D eigenvalue weighted by atomic mass is 16.2. The number of hydrogen-bond donors (Lipinski definition) is 2. The SMILES string of the molecule is CC(C)(C)c1cc(C(=O)Cn2c(=N)n(Cc3ccccc3)c3ccccc32)cc2c1NC(=O)C2(C)C. The van der Waals surface area contributed by atoms with Crippen LogP contribution in [-0.2, 0) is 28.7 Å². The van der Waals surface area contributed by atoms with Crippen LogP contribution in [0.3, 0.4) is 0 Å². The summed E-state index contributed by atoms with van der Waals surface area (Å²) in [5.74, 6) is -0.140. The number of benzene rings is 3. The molecule has 2 heterocycles. The van der Waals surface area contributed by atoms with Crippen molar-refractivity contribution in [2.24, 2.45) is 0 Å². The zero-order valence-corrected chi connectivity index (χ0v) is 21.5. The molecule has 184 valence electrons. The summed E-state index contributed by atoms with van der Waals surface area (Å²) < 4.78 is 3.71. The Morgan fingerprint density at radius 1 is 0.944 bits per heavy atom. The van der Waals surface area contributed by atoms with Gasteiger partial charge in [-0.05, 0) is 60.2 Å². The van der Waals surface area contributed by atoms with Crippen LogP contribution in [0.4, 0.5) is 5.69 Å². The van der Waals surface area contributed by atoms with Crippen molar-refractivity contribution in [2.75, 3.05) is 5.32 Å². The summed E-state index contributed by atoms with van der Waals surface area (Å²) >= 11 is 0. The molecular weight excluding hydrogens is 448 g/mol. The Morgan fingerprint density at radius 2 is 1.56 bits per heavy atom. The van der Waals surface area contributed by atoms with Gasteiger partial charge in [-0.2, -0.15) is 0 Å². The first-order valence-electron chi connectivity index (χ1n) is 12.3. The van der Waals surface area contributed by atoms with Gasteiger partial charge in [0.15, 0.2) is 5.78 Å². The second kappa shape index (κ2) is 8.33. The molecule has 0 saturated heterocycles. The highest BCUT2D eigenvalue weighted by Gasteiger charge is 2.41. The van der Waals surface area contributed by atoms with E-state index in [2.05, 4.69) is 26.1 Å². The molecule has 2 N–H and O–H groups in total. The molecule has 5 rings (SSSR count). The third kappa shape index (κ3) is 3.87. The van der Waals surface area contributed by atoms with Gasteiger partial charge in [0.25, 0.3) is 0 Å². The zero-order valence-electron chi connectivity index (χ0n) is 21.5. The second-order valence-corrected chi connectivity index (χ2v) is 11.2. The zero-order chi connectivity index (χ0) is 25.8. The van der Waals surface area contributed by atoms with Crippen LogP contribution in [0.1, 0.15) is 61.7 Å². The Balaban J connectivity index is 1.59. The average molecular weight is 481 g/mol. The van der Waals surface area contributed by atoms with E-state index in [1.54, 1.807) is 4.57 Å². The van der Waals surface area contributed by atoms with Crippen molar-refractivity contribution in [3.8, 4) is 0 Å². The lowest BCUT2D eigenvalue weighted by Gasteiger charge is -2.24. The Kier molecular flexibility index (Phi) is 5.51. The van der Waals surface area contributed by atoms with Crippen LogP contribution in [0.15, 0.2) is 66.7 Å². The quantitative estimate of drug-likeness (QED) is 0.376. The number of amides is 1. The molecule has 0 unspecified atom stereocenters. The summed E-state index contributed by atoms with van der Waals surface area (Å²) in [7, 11) is 0. The van der Waals surface area contributed by atoms with E-state index in [4.69, 9.17) is 5.41 Å². The number of fused-ring (bicyclic) bond motifs is 2. The van der Waals surface area contributed by atoms with E-state index in [0.29, 0.717) is 12.1 Å². The molecule has 1 aliphatic rings. The number of nitrogens with one attached hydrogen (secondary N) is 2. The van der Waals surface area contributed by atoms with Crippen LogP contribution < -0.4 is 10.9 Å². The predicted octanol–water partition coefficient (Wildman–Crippen LogP) is 5.38. The first kappa shape index (κ1) is 23.8.